The molecule has 1 saturated heterocycles. The molecule has 0 saturated carbocycles. The predicted molar refractivity (Wildman–Crippen MR) is 149 cm³/mol. The number of nitrogens with zero attached hydrogens (tertiary/aromatic N) is 3. The Balaban J connectivity index is 1.20. The first kappa shape index (κ1) is 23.3. The van der Waals surface area contributed by atoms with Gasteiger partial charge in [-0.3, -0.25) is 4.79 Å². The molecule has 186 valence electrons. The first-order valence-corrected chi connectivity index (χ1v) is 13.1. The van der Waals surface area contributed by atoms with Crippen molar-refractivity contribution in [3.05, 3.63) is 102 Å². The fraction of sp³-hybridized carbons (Fsp3) is 0.250. The van der Waals surface area contributed by atoms with Crippen LogP contribution in [0.25, 0.3) is 21.8 Å². The van der Waals surface area contributed by atoms with Crippen LogP contribution in [0.2, 0.25) is 0 Å². The van der Waals surface area contributed by atoms with Crippen LogP contribution in [0.1, 0.15) is 36.6 Å². The highest BCUT2D eigenvalue weighted by molar-refractivity contribution is 6.05. The van der Waals surface area contributed by atoms with Crippen LogP contribution in [0.3, 0.4) is 0 Å². The molecule has 37 heavy (non-hydrogen) atoms. The van der Waals surface area contributed by atoms with Gasteiger partial charge in [0.25, 0.3) is 0 Å². The van der Waals surface area contributed by atoms with Crippen molar-refractivity contribution >= 4 is 33.4 Å². The minimum atomic E-state index is 0.0578. The highest BCUT2D eigenvalue weighted by atomic mass is 16.5. The van der Waals surface area contributed by atoms with Crippen molar-refractivity contribution < 1.29 is 9.53 Å². The number of aromatic nitrogens is 2. The Morgan fingerprint density at radius 1 is 0.919 bits per heavy atom. The number of benzene rings is 4. The van der Waals surface area contributed by atoms with Gasteiger partial charge in [0.1, 0.15) is 11.6 Å². The van der Waals surface area contributed by atoms with Crippen LogP contribution >= 0.6 is 0 Å². The fourth-order valence-corrected chi connectivity index (χ4v) is 5.46. The molecule has 2 heterocycles. The number of unbranched alkanes of at least 4 members (excludes halogenated alkanes) is 1. The van der Waals surface area contributed by atoms with E-state index in [0.29, 0.717) is 19.6 Å². The average Bonchev–Trinajstić information content (AvgIpc) is 3.48. The number of imidazole rings is 1. The maximum absolute atomic E-state index is 13.3. The summed E-state index contributed by atoms with van der Waals surface area (Å²) < 4.78 is 8.29. The van der Waals surface area contributed by atoms with E-state index in [2.05, 4.69) is 66.1 Å². The molecule has 0 N–H and O–H groups in total. The molecular weight excluding hydrogens is 458 g/mol. The van der Waals surface area contributed by atoms with Crippen molar-refractivity contribution in [1.29, 1.82) is 0 Å². The summed E-state index contributed by atoms with van der Waals surface area (Å²) in [5.41, 5.74) is 4.31. The second-order valence-electron chi connectivity index (χ2n) is 9.89. The molecule has 4 aromatic carbocycles. The Morgan fingerprint density at radius 2 is 1.73 bits per heavy atom. The van der Waals surface area contributed by atoms with Gasteiger partial charge >= 0.3 is 0 Å². The van der Waals surface area contributed by atoms with Gasteiger partial charge in [0, 0.05) is 30.8 Å². The molecule has 1 aromatic heterocycles. The van der Waals surface area contributed by atoms with E-state index in [-0.39, 0.29) is 11.8 Å². The van der Waals surface area contributed by atoms with Gasteiger partial charge in [0.2, 0.25) is 5.91 Å². The van der Waals surface area contributed by atoms with E-state index in [1.807, 2.05) is 41.3 Å². The van der Waals surface area contributed by atoms with Crippen molar-refractivity contribution in [2.75, 3.05) is 18.1 Å². The Kier molecular flexibility index (Phi) is 6.35. The molecule has 1 amide bonds. The summed E-state index contributed by atoms with van der Waals surface area (Å²) in [7, 11) is 0. The lowest BCUT2D eigenvalue weighted by Crippen LogP contribution is -2.24. The number of anilines is 1. The smallest absolute Gasteiger partial charge is 0.227 e. The molecule has 0 bridgehead atoms. The predicted octanol–water partition coefficient (Wildman–Crippen LogP) is 6.88. The lowest BCUT2D eigenvalue weighted by Gasteiger charge is -2.19. The number of amides is 1. The van der Waals surface area contributed by atoms with Crippen molar-refractivity contribution in [2.24, 2.45) is 0 Å². The highest BCUT2D eigenvalue weighted by Crippen LogP contribution is 2.36. The summed E-state index contributed by atoms with van der Waals surface area (Å²) in [5, 5.41) is 2.26. The van der Waals surface area contributed by atoms with Crippen molar-refractivity contribution in [1.82, 2.24) is 9.55 Å². The number of hydrogen-bond donors (Lipinski definition) is 0. The second-order valence-corrected chi connectivity index (χ2v) is 9.89. The van der Waals surface area contributed by atoms with Gasteiger partial charge < -0.3 is 14.2 Å². The van der Waals surface area contributed by atoms with Gasteiger partial charge in [-0.1, -0.05) is 60.7 Å². The van der Waals surface area contributed by atoms with Gasteiger partial charge in [-0.05, 0) is 61.0 Å². The van der Waals surface area contributed by atoms with E-state index in [0.717, 1.165) is 58.5 Å². The number of aryl methyl sites for hydroxylation is 2. The van der Waals surface area contributed by atoms with Gasteiger partial charge in [-0.25, -0.2) is 4.98 Å². The molecule has 5 heteroatoms. The third kappa shape index (κ3) is 4.69. The topological polar surface area (TPSA) is 47.4 Å². The second kappa shape index (κ2) is 10.1. The zero-order chi connectivity index (χ0) is 25.2. The van der Waals surface area contributed by atoms with E-state index in [1.54, 1.807) is 0 Å². The maximum Gasteiger partial charge on any atom is 0.227 e. The van der Waals surface area contributed by atoms with E-state index >= 15 is 0 Å². The number of para-hydroxylation sites is 2. The quantitative estimate of drug-likeness (QED) is 0.223. The fourth-order valence-electron chi connectivity index (χ4n) is 5.46. The summed E-state index contributed by atoms with van der Waals surface area (Å²) in [4.78, 5) is 20.2. The third-order valence-corrected chi connectivity index (χ3v) is 7.27. The Labute approximate surface area is 217 Å². The van der Waals surface area contributed by atoms with Crippen LogP contribution in [-0.2, 0) is 11.3 Å². The number of rotatable bonds is 8. The summed E-state index contributed by atoms with van der Waals surface area (Å²) in [6.07, 6.45) is 2.40. The van der Waals surface area contributed by atoms with Crippen molar-refractivity contribution in [3.63, 3.8) is 0 Å². The molecular formula is C32H31N3O2. The molecule has 5 aromatic rings. The zero-order valence-electron chi connectivity index (χ0n) is 21.1. The highest BCUT2D eigenvalue weighted by Gasteiger charge is 2.35. The maximum atomic E-state index is 13.3. The molecule has 6 rings (SSSR count). The van der Waals surface area contributed by atoms with E-state index in [9.17, 15) is 4.79 Å². The summed E-state index contributed by atoms with van der Waals surface area (Å²) >= 11 is 0. The van der Waals surface area contributed by atoms with Crippen LogP contribution in [0.4, 0.5) is 5.69 Å². The van der Waals surface area contributed by atoms with Crippen LogP contribution in [0, 0.1) is 6.92 Å². The Bertz CT molecular complexity index is 1570. The number of hydrogen-bond acceptors (Lipinski definition) is 3. The first-order chi connectivity index (χ1) is 18.2. The molecule has 1 atom stereocenters. The molecule has 0 aliphatic carbocycles. The van der Waals surface area contributed by atoms with Gasteiger partial charge in [-0.15, -0.1) is 0 Å². The summed E-state index contributed by atoms with van der Waals surface area (Å²) in [6.45, 7) is 4.26. The molecule has 5 nitrogen and oxygen atoms in total. The molecule has 0 spiro atoms. The van der Waals surface area contributed by atoms with Crippen LogP contribution in [0.5, 0.6) is 5.75 Å². The number of fused-ring (bicyclic) bond motifs is 2. The van der Waals surface area contributed by atoms with Gasteiger partial charge in [-0.2, -0.15) is 0 Å². The average molecular weight is 490 g/mol. The van der Waals surface area contributed by atoms with Gasteiger partial charge in [0.15, 0.2) is 0 Å². The van der Waals surface area contributed by atoms with E-state index in [4.69, 9.17) is 9.72 Å². The molecule has 0 radical (unpaired) electrons. The zero-order valence-corrected chi connectivity index (χ0v) is 21.1. The van der Waals surface area contributed by atoms with E-state index < -0.39 is 0 Å². The largest absolute Gasteiger partial charge is 0.494 e. The monoisotopic (exact) mass is 489 g/mol. The van der Waals surface area contributed by atoms with Gasteiger partial charge in [0.05, 0.1) is 23.3 Å². The van der Waals surface area contributed by atoms with Crippen LogP contribution in [-0.4, -0.2) is 28.6 Å². The third-order valence-electron chi connectivity index (χ3n) is 7.27. The molecule has 1 fully saturated rings. The summed E-state index contributed by atoms with van der Waals surface area (Å²) in [5.74, 6) is 2.15. The molecule has 1 aliphatic rings. The Hall–Kier alpha value is -4.12. The molecule has 1 unspecified atom stereocenters. The lowest BCUT2D eigenvalue weighted by atomic mass is 10.1. The van der Waals surface area contributed by atoms with E-state index in [1.165, 1.54) is 5.56 Å². The van der Waals surface area contributed by atoms with Crippen LogP contribution in [0.15, 0.2) is 91.0 Å². The standard InChI is InChI=1S/C32H31N3O2/c1-23-10-8-13-26(20-23)37-19-7-6-18-34-30-16-5-4-15-28(30)33-32(34)25-21-31(36)35(22-25)29-17-9-12-24-11-2-3-14-27(24)29/h2-5,8-17,20,25H,6-7,18-19,21-22H2,1H3. The van der Waals surface area contributed by atoms with Crippen molar-refractivity contribution in [3.8, 4) is 5.75 Å². The van der Waals surface area contributed by atoms with Crippen LogP contribution < -0.4 is 9.64 Å². The first-order valence-electron chi connectivity index (χ1n) is 13.1. The lowest BCUT2D eigenvalue weighted by molar-refractivity contribution is -0.117. The number of carbonyl (C=O) groups excluding carboxylic acids is 1. The Morgan fingerprint density at radius 3 is 2.65 bits per heavy atom. The number of carbonyl (C=O) groups is 1. The minimum Gasteiger partial charge on any atom is -0.494 e. The summed E-state index contributed by atoms with van der Waals surface area (Å²) in [6, 6.07) is 30.9. The SMILES string of the molecule is Cc1cccc(OCCCCn2c(C3CC(=O)N(c4cccc5ccccc45)C3)nc3ccccc32)c1. The minimum absolute atomic E-state index is 0.0578. The normalized spacial score (nSPS) is 15.6. The molecule has 1 aliphatic heterocycles. The van der Waals surface area contributed by atoms with Crippen molar-refractivity contribution in [2.45, 2.75) is 38.6 Å². The number of ether oxygens (including phenoxy) is 1.